The molecule has 4 unspecified atom stereocenters. The highest BCUT2D eigenvalue weighted by Gasteiger charge is 2.62. The number of rotatable bonds is 1. The molecule has 3 nitrogen and oxygen atoms in total. The lowest BCUT2D eigenvalue weighted by Gasteiger charge is -2.61. The number of aliphatic hydroxyl groups excluding tert-OH is 3. The first-order valence-electron chi connectivity index (χ1n) is 10.0. The van der Waals surface area contributed by atoms with Crippen molar-refractivity contribution in [3.05, 3.63) is 11.6 Å². The molecule has 0 radical (unpaired) electrons. The van der Waals surface area contributed by atoms with Gasteiger partial charge < -0.3 is 15.3 Å². The first-order chi connectivity index (χ1) is 11.3. The molecule has 3 heteroatoms. The van der Waals surface area contributed by atoms with Crippen molar-refractivity contribution in [2.24, 2.45) is 40.4 Å². The molecule has 0 saturated heterocycles. The van der Waals surface area contributed by atoms with E-state index in [1.54, 1.807) is 0 Å². The Balaban J connectivity index is 1.79. The second kappa shape index (κ2) is 5.56. The van der Waals surface area contributed by atoms with Gasteiger partial charge in [0.15, 0.2) is 0 Å². The number of allylic oxidation sites excluding steroid dienone is 1. The summed E-state index contributed by atoms with van der Waals surface area (Å²) in [6, 6.07) is 0. The third-order valence-corrected chi connectivity index (χ3v) is 8.84. The molecule has 0 heterocycles. The van der Waals surface area contributed by atoms with Crippen molar-refractivity contribution in [2.45, 2.75) is 71.5 Å². The summed E-state index contributed by atoms with van der Waals surface area (Å²) >= 11 is 0. The number of hydrogen-bond donors (Lipinski definition) is 3. The second-order valence-corrected chi connectivity index (χ2v) is 9.67. The van der Waals surface area contributed by atoms with Crippen molar-refractivity contribution in [1.29, 1.82) is 0 Å². The number of fused-ring (bicyclic) bond motifs is 5. The Kier molecular flexibility index (Phi) is 3.95. The van der Waals surface area contributed by atoms with Crippen LogP contribution in [-0.4, -0.2) is 34.1 Å². The summed E-state index contributed by atoms with van der Waals surface area (Å²) in [6.07, 6.45) is 7.79. The Bertz CT molecular complexity index is 543. The molecule has 0 spiro atoms. The average Bonchev–Trinajstić information content (AvgIpc) is 2.82. The Morgan fingerprint density at radius 3 is 2.58 bits per heavy atom. The van der Waals surface area contributed by atoms with E-state index in [-0.39, 0.29) is 29.6 Å². The van der Waals surface area contributed by atoms with Gasteiger partial charge in [-0.05, 0) is 73.5 Å². The predicted molar refractivity (Wildman–Crippen MR) is 94.2 cm³/mol. The van der Waals surface area contributed by atoms with Gasteiger partial charge in [-0.3, -0.25) is 0 Å². The summed E-state index contributed by atoms with van der Waals surface area (Å²) < 4.78 is 0. The molecule has 0 aromatic heterocycles. The van der Waals surface area contributed by atoms with E-state index in [4.69, 9.17) is 0 Å². The third-order valence-electron chi connectivity index (χ3n) is 8.84. The van der Waals surface area contributed by atoms with Gasteiger partial charge >= 0.3 is 0 Å². The van der Waals surface area contributed by atoms with Crippen LogP contribution >= 0.6 is 0 Å². The maximum Gasteiger partial charge on any atom is 0.0596 e. The molecule has 4 rings (SSSR count). The van der Waals surface area contributed by atoms with Crippen molar-refractivity contribution in [2.75, 3.05) is 6.61 Å². The van der Waals surface area contributed by atoms with Crippen LogP contribution < -0.4 is 0 Å². The normalized spacial score (nSPS) is 56.9. The molecule has 0 aliphatic heterocycles. The minimum Gasteiger partial charge on any atom is -0.395 e. The van der Waals surface area contributed by atoms with E-state index in [9.17, 15) is 15.3 Å². The zero-order valence-corrected chi connectivity index (χ0v) is 15.4. The molecule has 0 amide bonds. The Morgan fingerprint density at radius 2 is 1.88 bits per heavy atom. The maximum atomic E-state index is 10.6. The Labute approximate surface area is 146 Å². The molecule has 4 aliphatic rings. The smallest absolute Gasteiger partial charge is 0.0596 e. The summed E-state index contributed by atoms with van der Waals surface area (Å²) in [6.45, 7) is 7.08. The van der Waals surface area contributed by atoms with Crippen LogP contribution in [0.1, 0.15) is 59.3 Å². The van der Waals surface area contributed by atoms with Crippen LogP contribution in [0.2, 0.25) is 0 Å². The van der Waals surface area contributed by atoms with Gasteiger partial charge in [-0.15, -0.1) is 0 Å². The van der Waals surface area contributed by atoms with Gasteiger partial charge in [-0.1, -0.05) is 32.4 Å². The third kappa shape index (κ3) is 2.01. The Hall–Kier alpha value is -0.380. The van der Waals surface area contributed by atoms with Crippen molar-refractivity contribution in [3.8, 4) is 0 Å². The van der Waals surface area contributed by atoms with Gasteiger partial charge in [0, 0.05) is 5.41 Å². The van der Waals surface area contributed by atoms with Crippen molar-refractivity contribution in [3.63, 3.8) is 0 Å². The van der Waals surface area contributed by atoms with E-state index in [2.05, 4.69) is 26.8 Å². The molecule has 136 valence electrons. The molecule has 4 aliphatic carbocycles. The lowest BCUT2D eigenvalue weighted by molar-refractivity contribution is -0.119. The minimum atomic E-state index is -0.253. The zero-order chi connectivity index (χ0) is 17.3. The van der Waals surface area contributed by atoms with Gasteiger partial charge in [0.25, 0.3) is 0 Å². The van der Waals surface area contributed by atoms with E-state index in [0.717, 1.165) is 38.5 Å². The fraction of sp³-hybridized carbons (Fsp3) is 0.905. The fourth-order valence-corrected chi connectivity index (χ4v) is 7.59. The summed E-state index contributed by atoms with van der Waals surface area (Å²) in [4.78, 5) is 0. The van der Waals surface area contributed by atoms with Crippen molar-refractivity contribution in [1.82, 2.24) is 0 Å². The van der Waals surface area contributed by atoms with Crippen LogP contribution in [0.4, 0.5) is 0 Å². The molecule has 3 saturated carbocycles. The molecule has 0 aromatic carbocycles. The minimum absolute atomic E-state index is 0.0643. The molecular weight excluding hydrogens is 300 g/mol. The predicted octanol–water partition coefficient (Wildman–Crippen LogP) is 3.14. The number of hydrogen-bond acceptors (Lipinski definition) is 3. The maximum absolute atomic E-state index is 10.6. The largest absolute Gasteiger partial charge is 0.395 e. The molecule has 0 bridgehead atoms. The highest BCUT2D eigenvalue weighted by molar-refractivity contribution is 5.29. The topological polar surface area (TPSA) is 60.7 Å². The van der Waals surface area contributed by atoms with Crippen molar-refractivity contribution < 1.29 is 15.3 Å². The summed E-state index contributed by atoms with van der Waals surface area (Å²) in [5.74, 6) is 2.45. The van der Waals surface area contributed by atoms with Gasteiger partial charge in [0.05, 0.1) is 18.8 Å². The highest BCUT2D eigenvalue weighted by atomic mass is 16.3. The SMILES string of the molecule is CC1C=C2CC(O)CC(C)[C@]2(CO)[C@@H]2CC[C@]3(C)C(O)CC[C@H]3[C@H]12. The Morgan fingerprint density at radius 1 is 1.12 bits per heavy atom. The van der Waals surface area contributed by atoms with Crippen LogP contribution in [0.15, 0.2) is 11.6 Å². The van der Waals surface area contributed by atoms with E-state index in [1.807, 2.05) is 0 Å². The summed E-state index contributed by atoms with van der Waals surface area (Å²) in [7, 11) is 0. The summed E-state index contributed by atoms with van der Waals surface area (Å²) in [5.41, 5.74) is 1.26. The van der Waals surface area contributed by atoms with Crippen LogP contribution in [0, 0.1) is 40.4 Å². The summed E-state index contributed by atoms with van der Waals surface area (Å²) in [5, 5.41) is 31.4. The van der Waals surface area contributed by atoms with Crippen LogP contribution in [-0.2, 0) is 0 Å². The molecule has 24 heavy (non-hydrogen) atoms. The van der Waals surface area contributed by atoms with Gasteiger partial charge in [0.2, 0.25) is 0 Å². The fourth-order valence-electron chi connectivity index (χ4n) is 7.59. The van der Waals surface area contributed by atoms with E-state index >= 15 is 0 Å². The van der Waals surface area contributed by atoms with E-state index in [0.29, 0.717) is 29.6 Å². The van der Waals surface area contributed by atoms with Crippen molar-refractivity contribution >= 4 is 0 Å². The first-order valence-corrected chi connectivity index (χ1v) is 10.0. The lowest BCUT2D eigenvalue weighted by atomic mass is 9.43. The van der Waals surface area contributed by atoms with Crippen LogP contribution in [0.5, 0.6) is 0 Å². The van der Waals surface area contributed by atoms with E-state index in [1.165, 1.54) is 5.57 Å². The zero-order valence-electron chi connectivity index (χ0n) is 15.4. The monoisotopic (exact) mass is 334 g/mol. The van der Waals surface area contributed by atoms with Gasteiger partial charge in [0.1, 0.15) is 0 Å². The van der Waals surface area contributed by atoms with Crippen LogP contribution in [0.25, 0.3) is 0 Å². The average molecular weight is 335 g/mol. The molecule has 3 fully saturated rings. The second-order valence-electron chi connectivity index (χ2n) is 9.67. The quantitative estimate of drug-likeness (QED) is 0.646. The lowest BCUT2D eigenvalue weighted by Crippen LogP contribution is -2.58. The van der Waals surface area contributed by atoms with Gasteiger partial charge in [-0.2, -0.15) is 0 Å². The van der Waals surface area contributed by atoms with Crippen LogP contribution in [0.3, 0.4) is 0 Å². The molecule has 0 aromatic rings. The number of aliphatic hydroxyl groups is 3. The standard InChI is InChI=1S/C21H34O3/c1-12-8-14-10-15(23)9-13(2)21(14,11-22)17-6-7-20(3)16(19(12)17)4-5-18(20)24/h8,12-13,15-19,22-24H,4-7,9-11H2,1-3H3/t12?,13?,15?,16-,17+,18?,19-,20-,21-/m0/s1. The van der Waals surface area contributed by atoms with Gasteiger partial charge in [-0.25, -0.2) is 0 Å². The highest BCUT2D eigenvalue weighted by Crippen LogP contribution is 2.66. The van der Waals surface area contributed by atoms with E-state index < -0.39 is 0 Å². The first kappa shape index (κ1) is 17.1. The molecule has 3 N–H and O–H groups in total. The molecular formula is C21H34O3. The molecule has 9 atom stereocenters.